The van der Waals surface area contributed by atoms with E-state index in [0.717, 1.165) is 31.1 Å². The first kappa shape index (κ1) is 15.0. The minimum atomic E-state index is 0.694. The van der Waals surface area contributed by atoms with Crippen molar-refractivity contribution in [1.29, 1.82) is 0 Å². The molecule has 1 fully saturated rings. The van der Waals surface area contributed by atoms with Crippen LogP contribution in [0.2, 0.25) is 0 Å². The third kappa shape index (κ3) is 3.30. The second-order valence-electron chi connectivity index (χ2n) is 6.26. The number of anilines is 1. The fourth-order valence-corrected chi connectivity index (χ4v) is 3.21. The van der Waals surface area contributed by atoms with Gasteiger partial charge in [0, 0.05) is 44.1 Å². The molecule has 3 heterocycles. The monoisotopic (exact) mass is 299 g/mol. The first-order valence-electron chi connectivity index (χ1n) is 8.00. The van der Waals surface area contributed by atoms with Gasteiger partial charge in [0.05, 0.1) is 5.69 Å². The van der Waals surface area contributed by atoms with Crippen molar-refractivity contribution in [2.75, 3.05) is 25.0 Å². The van der Waals surface area contributed by atoms with Crippen molar-refractivity contribution in [2.24, 2.45) is 13.0 Å². The van der Waals surface area contributed by atoms with Crippen LogP contribution < -0.4 is 5.32 Å². The smallest absolute Gasteiger partial charge is 0.125 e. The normalized spacial score (nSPS) is 18.8. The number of aromatic nitrogens is 3. The third-order valence-corrected chi connectivity index (χ3v) is 4.65. The molecule has 1 saturated heterocycles. The Kier molecular flexibility index (Phi) is 4.43. The van der Waals surface area contributed by atoms with Crippen molar-refractivity contribution < 1.29 is 0 Å². The molecule has 0 unspecified atom stereocenters. The molecule has 1 atom stereocenters. The maximum absolute atomic E-state index is 4.52. The standard InChI is InChI=1S/C17H25N5/c1-13-16(14(2)21(3)20-13)12-22-9-7-15(11-22)10-19-17-6-4-5-8-18-17/h4-6,8,15H,7,9-12H2,1-3H3,(H,18,19)/t15-/m1/s1. The van der Waals surface area contributed by atoms with Crippen molar-refractivity contribution >= 4 is 5.82 Å². The van der Waals surface area contributed by atoms with Gasteiger partial charge < -0.3 is 5.32 Å². The van der Waals surface area contributed by atoms with Gasteiger partial charge in [-0.25, -0.2) is 4.98 Å². The summed E-state index contributed by atoms with van der Waals surface area (Å²) in [7, 11) is 2.02. The SMILES string of the molecule is Cc1nn(C)c(C)c1CN1CC[C@H](CNc2ccccn2)C1. The summed E-state index contributed by atoms with van der Waals surface area (Å²) in [6, 6.07) is 5.99. The highest BCUT2D eigenvalue weighted by Gasteiger charge is 2.24. The van der Waals surface area contributed by atoms with E-state index in [1.54, 1.807) is 0 Å². The molecule has 0 aromatic carbocycles. The highest BCUT2D eigenvalue weighted by molar-refractivity contribution is 5.33. The van der Waals surface area contributed by atoms with Crippen molar-refractivity contribution in [3.63, 3.8) is 0 Å². The summed E-state index contributed by atoms with van der Waals surface area (Å²) in [5, 5.41) is 7.96. The Labute approximate surface area is 132 Å². The molecule has 5 heteroatoms. The van der Waals surface area contributed by atoms with Gasteiger partial charge >= 0.3 is 0 Å². The number of rotatable bonds is 5. The van der Waals surface area contributed by atoms with Crippen LogP contribution >= 0.6 is 0 Å². The predicted molar refractivity (Wildman–Crippen MR) is 88.8 cm³/mol. The summed E-state index contributed by atoms with van der Waals surface area (Å²) in [5.74, 6) is 1.67. The second kappa shape index (κ2) is 6.48. The summed E-state index contributed by atoms with van der Waals surface area (Å²) in [6.45, 7) is 8.60. The van der Waals surface area contributed by atoms with Crippen molar-refractivity contribution in [1.82, 2.24) is 19.7 Å². The summed E-state index contributed by atoms with van der Waals surface area (Å²) in [6.07, 6.45) is 3.08. The lowest BCUT2D eigenvalue weighted by molar-refractivity contribution is 0.317. The Morgan fingerprint density at radius 2 is 2.18 bits per heavy atom. The number of aryl methyl sites for hydroxylation is 2. The fourth-order valence-electron chi connectivity index (χ4n) is 3.21. The van der Waals surface area contributed by atoms with Crippen molar-refractivity contribution in [2.45, 2.75) is 26.8 Å². The van der Waals surface area contributed by atoms with Crippen LogP contribution in [0.3, 0.4) is 0 Å². The van der Waals surface area contributed by atoms with Gasteiger partial charge in [0.25, 0.3) is 0 Å². The largest absolute Gasteiger partial charge is 0.370 e. The minimum absolute atomic E-state index is 0.694. The molecule has 0 spiro atoms. The Hall–Kier alpha value is -1.88. The van der Waals surface area contributed by atoms with Gasteiger partial charge in [0.15, 0.2) is 0 Å². The Bertz CT molecular complexity index is 619. The molecule has 22 heavy (non-hydrogen) atoms. The fraction of sp³-hybridized carbons (Fsp3) is 0.529. The molecule has 0 saturated carbocycles. The first-order chi connectivity index (χ1) is 10.6. The molecule has 2 aromatic rings. The summed E-state index contributed by atoms with van der Waals surface area (Å²) < 4.78 is 1.99. The van der Waals surface area contributed by atoms with Crippen LogP contribution in [0.25, 0.3) is 0 Å². The molecule has 0 aliphatic carbocycles. The van der Waals surface area contributed by atoms with Gasteiger partial charge in [0.1, 0.15) is 5.82 Å². The van der Waals surface area contributed by atoms with Gasteiger partial charge in [-0.15, -0.1) is 0 Å². The predicted octanol–water partition coefficient (Wildman–Crippen LogP) is 2.37. The van der Waals surface area contributed by atoms with Crippen molar-refractivity contribution in [3.8, 4) is 0 Å². The molecule has 5 nitrogen and oxygen atoms in total. The van der Waals surface area contributed by atoms with Crippen LogP contribution in [0, 0.1) is 19.8 Å². The van der Waals surface area contributed by atoms with Gasteiger partial charge in [-0.3, -0.25) is 9.58 Å². The molecular formula is C17H25N5. The molecule has 0 radical (unpaired) electrons. The number of pyridine rings is 1. The molecule has 1 aliphatic heterocycles. The van der Waals surface area contributed by atoms with Crippen molar-refractivity contribution in [3.05, 3.63) is 41.3 Å². The minimum Gasteiger partial charge on any atom is -0.370 e. The highest BCUT2D eigenvalue weighted by Crippen LogP contribution is 2.21. The van der Waals surface area contributed by atoms with E-state index in [1.807, 2.05) is 36.1 Å². The van der Waals surface area contributed by atoms with E-state index in [4.69, 9.17) is 0 Å². The number of likely N-dealkylation sites (tertiary alicyclic amines) is 1. The second-order valence-corrected chi connectivity index (χ2v) is 6.26. The molecule has 1 aliphatic rings. The molecule has 1 N–H and O–H groups in total. The van der Waals surface area contributed by atoms with E-state index in [9.17, 15) is 0 Å². The van der Waals surface area contributed by atoms with Crippen LogP contribution in [-0.4, -0.2) is 39.3 Å². The van der Waals surface area contributed by atoms with E-state index in [-0.39, 0.29) is 0 Å². The average Bonchev–Trinajstić information content (AvgIpc) is 3.07. The molecular weight excluding hydrogens is 274 g/mol. The zero-order valence-corrected chi connectivity index (χ0v) is 13.7. The summed E-state index contributed by atoms with van der Waals surface area (Å²) in [5.41, 5.74) is 3.84. The van der Waals surface area contributed by atoms with E-state index in [1.165, 1.54) is 24.2 Å². The van der Waals surface area contributed by atoms with E-state index in [0.29, 0.717) is 5.92 Å². The first-order valence-corrected chi connectivity index (χ1v) is 8.00. The molecule has 118 valence electrons. The summed E-state index contributed by atoms with van der Waals surface area (Å²) >= 11 is 0. The number of hydrogen-bond donors (Lipinski definition) is 1. The number of hydrogen-bond acceptors (Lipinski definition) is 4. The van der Waals surface area contributed by atoms with E-state index < -0.39 is 0 Å². The molecule has 0 amide bonds. The Morgan fingerprint density at radius 3 is 2.86 bits per heavy atom. The summed E-state index contributed by atoms with van der Waals surface area (Å²) in [4.78, 5) is 6.86. The molecule has 3 rings (SSSR count). The van der Waals surface area contributed by atoms with Gasteiger partial charge in [0.2, 0.25) is 0 Å². The van der Waals surface area contributed by atoms with E-state index >= 15 is 0 Å². The Balaban J connectivity index is 1.52. The molecule has 0 bridgehead atoms. The Morgan fingerprint density at radius 1 is 1.32 bits per heavy atom. The highest BCUT2D eigenvalue weighted by atomic mass is 15.3. The molecule has 2 aromatic heterocycles. The lowest BCUT2D eigenvalue weighted by Crippen LogP contribution is -2.23. The average molecular weight is 299 g/mol. The zero-order valence-electron chi connectivity index (χ0n) is 13.7. The van der Waals surface area contributed by atoms with Gasteiger partial charge in [-0.05, 0) is 44.9 Å². The van der Waals surface area contributed by atoms with Crippen LogP contribution in [0.4, 0.5) is 5.82 Å². The third-order valence-electron chi connectivity index (χ3n) is 4.65. The van der Waals surface area contributed by atoms with Crippen LogP contribution in [-0.2, 0) is 13.6 Å². The van der Waals surface area contributed by atoms with Crippen LogP contribution in [0.1, 0.15) is 23.4 Å². The lowest BCUT2D eigenvalue weighted by Gasteiger charge is -2.17. The maximum atomic E-state index is 4.52. The number of nitrogens with zero attached hydrogens (tertiary/aromatic N) is 4. The quantitative estimate of drug-likeness (QED) is 0.920. The topological polar surface area (TPSA) is 46.0 Å². The lowest BCUT2D eigenvalue weighted by atomic mass is 10.1. The zero-order chi connectivity index (χ0) is 15.5. The number of nitrogens with one attached hydrogen (secondary N) is 1. The van der Waals surface area contributed by atoms with Gasteiger partial charge in [-0.1, -0.05) is 6.07 Å². The van der Waals surface area contributed by atoms with Crippen LogP contribution in [0.15, 0.2) is 24.4 Å². The maximum Gasteiger partial charge on any atom is 0.125 e. The van der Waals surface area contributed by atoms with Crippen LogP contribution in [0.5, 0.6) is 0 Å². The van der Waals surface area contributed by atoms with E-state index in [2.05, 4.69) is 34.1 Å². The van der Waals surface area contributed by atoms with Gasteiger partial charge in [-0.2, -0.15) is 5.10 Å².